The molecule has 0 amide bonds. The summed E-state index contributed by atoms with van der Waals surface area (Å²) in [5, 5.41) is 9.67. The highest BCUT2D eigenvalue weighted by Gasteiger charge is 2.30. The van der Waals surface area contributed by atoms with Gasteiger partial charge in [-0.15, -0.1) is 0 Å². The fraction of sp³-hybridized carbons (Fsp3) is 0.500. The molecule has 0 bridgehead atoms. The molecule has 1 rings (SSSR count). The molecule has 1 aliphatic rings. The zero-order valence-corrected chi connectivity index (χ0v) is 13.7. The molecule has 0 unspecified atom stereocenters. The SMILES string of the molecule is CC1=C(/C=C/C(C)=C/C(C)(C)C)C(C)(C)C=C(O)C1=O. The molecule has 0 aromatic rings. The lowest BCUT2D eigenvalue weighted by molar-refractivity contribution is -0.114. The van der Waals surface area contributed by atoms with Crippen molar-refractivity contribution in [3.05, 3.63) is 46.8 Å². The van der Waals surface area contributed by atoms with Crippen molar-refractivity contribution in [1.82, 2.24) is 0 Å². The third-order valence-corrected chi connectivity index (χ3v) is 3.34. The first-order valence-corrected chi connectivity index (χ1v) is 6.99. The van der Waals surface area contributed by atoms with Gasteiger partial charge >= 0.3 is 0 Å². The average Bonchev–Trinajstić information content (AvgIpc) is 2.22. The molecule has 0 aromatic heterocycles. The maximum atomic E-state index is 11.9. The van der Waals surface area contributed by atoms with Crippen molar-refractivity contribution < 1.29 is 9.90 Å². The lowest BCUT2D eigenvalue weighted by atomic mass is 9.76. The number of allylic oxidation sites excluding steroid dienone is 7. The molecule has 0 saturated carbocycles. The highest BCUT2D eigenvalue weighted by molar-refractivity contribution is 6.08. The molecule has 1 aliphatic carbocycles. The molecule has 0 fully saturated rings. The van der Waals surface area contributed by atoms with Crippen LogP contribution in [0.15, 0.2) is 46.8 Å². The summed E-state index contributed by atoms with van der Waals surface area (Å²) in [6.45, 7) is 14.3. The Morgan fingerprint density at radius 2 is 1.85 bits per heavy atom. The molecule has 2 nitrogen and oxygen atoms in total. The van der Waals surface area contributed by atoms with Gasteiger partial charge in [0.25, 0.3) is 0 Å². The predicted molar refractivity (Wildman–Crippen MR) is 84.6 cm³/mol. The third-order valence-electron chi connectivity index (χ3n) is 3.34. The first-order valence-electron chi connectivity index (χ1n) is 6.99. The summed E-state index contributed by atoms with van der Waals surface area (Å²) in [4.78, 5) is 11.9. The number of rotatable bonds is 2. The summed E-state index contributed by atoms with van der Waals surface area (Å²) in [5.74, 6) is -0.423. The number of aliphatic hydroxyl groups excluding tert-OH is 1. The van der Waals surface area contributed by atoms with Crippen molar-refractivity contribution in [2.24, 2.45) is 10.8 Å². The van der Waals surface area contributed by atoms with Gasteiger partial charge in [-0.25, -0.2) is 0 Å². The monoisotopic (exact) mass is 274 g/mol. The lowest BCUT2D eigenvalue weighted by Crippen LogP contribution is -2.23. The van der Waals surface area contributed by atoms with Crippen molar-refractivity contribution in [2.75, 3.05) is 0 Å². The second kappa shape index (κ2) is 5.43. The van der Waals surface area contributed by atoms with Gasteiger partial charge < -0.3 is 5.11 Å². The van der Waals surface area contributed by atoms with Crippen LogP contribution in [-0.4, -0.2) is 10.9 Å². The second-order valence-corrected chi connectivity index (χ2v) is 7.21. The Morgan fingerprint density at radius 3 is 2.35 bits per heavy atom. The van der Waals surface area contributed by atoms with Gasteiger partial charge in [0, 0.05) is 11.0 Å². The molecule has 1 N–H and O–H groups in total. The zero-order valence-electron chi connectivity index (χ0n) is 13.7. The van der Waals surface area contributed by atoms with Gasteiger partial charge in [-0.3, -0.25) is 4.79 Å². The van der Waals surface area contributed by atoms with E-state index in [1.165, 1.54) is 5.57 Å². The molecule has 0 aromatic carbocycles. The van der Waals surface area contributed by atoms with Crippen LogP contribution >= 0.6 is 0 Å². The zero-order chi connectivity index (χ0) is 15.7. The molecule has 2 heteroatoms. The summed E-state index contributed by atoms with van der Waals surface area (Å²) in [5.41, 5.74) is 2.55. The second-order valence-electron chi connectivity index (χ2n) is 7.21. The van der Waals surface area contributed by atoms with Crippen LogP contribution in [-0.2, 0) is 4.79 Å². The third kappa shape index (κ3) is 3.96. The largest absolute Gasteiger partial charge is 0.504 e. The molecular formula is C18H26O2. The van der Waals surface area contributed by atoms with Crippen molar-refractivity contribution in [2.45, 2.75) is 48.5 Å². The number of Topliss-reactive ketones (excluding diaryl/α,β-unsaturated/α-hetero) is 1. The number of hydrogen-bond acceptors (Lipinski definition) is 2. The molecule has 0 spiro atoms. The van der Waals surface area contributed by atoms with E-state index >= 15 is 0 Å². The average molecular weight is 274 g/mol. The minimum Gasteiger partial charge on any atom is -0.504 e. The first kappa shape index (κ1) is 16.5. The van der Waals surface area contributed by atoms with Crippen LogP contribution in [0.2, 0.25) is 0 Å². The van der Waals surface area contributed by atoms with Crippen LogP contribution in [0.4, 0.5) is 0 Å². The minimum atomic E-state index is -0.333. The molecule has 0 radical (unpaired) electrons. The van der Waals surface area contributed by atoms with E-state index in [4.69, 9.17) is 0 Å². The highest BCUT2D eigenvalue weighted by atomic mass is 16.3. The van der Waals surface area contributed by atoms with E-state index in [0.717, 1.165) is 5.57 Å². The first-order chi connectivity index (χ1) is 8.94. The summed E-state index contributed by atoms with van der Waals surface area (Å²) >= 11 is 0. The topological polar surface area (TPSA) is 37.3 Å². The Hall–Kier alpha value is -1.57. The molecule has 0 aliphatic heterocycles. The Bertz CT molecular complexity index is 532. The van der Waals surface area contributed by atoms with Crippen molar-refractivity contribution in [1.29, 1.82) is 0 Å². The smallest absolute Gasteiger partial charge is 0.222 e. The van der Waals surface area contributed by atoms with Crippen molar-refractivity contribution >= 4 is 5.78 Å². The maximum Gasteiger partial charge on any atom is 0.222 e. The van der Waals surface area contributed by atoms with Crippen LogP contribution in [0.3, 0.4) is 0 Å². The van der Waals surface area contributed by atoms with E-state index in [-0.39, 0.29) is 22.4 Å². The Labute approximate surface area is 122 Å². The lowest BCUT2D eigenvalue weighted by Gasteiger charge is -2.28. The summed E-state index contributed by atoms with van der Waals surface area (Å²) in [6.07, 6.45) is 7.86. The van der Waals surface area contributed by atoms with Crippen LogP contribution < -0.4 is 0 Å². The summed E-state index contributed by atoms with van der Waals surface area (Å²) < 4.78 is 0. The van der Waals surface area contributed by atoms with E-state index in [2.05, 4.69) is 33.8 Å². The quantitative estimate of drug-likeness (QED) is 0.727. The fourth-order valence-electron chi connectivity index (χ4n) is 2.57. The van der Waals surface area contributed by atoms with Gasteiger partial charge in [0.05, 0.1) is 0 Å². The van der Waals surface area contributed by atoms with Crippen LogP contribution in [0.1, 0.15) is 48.5 Å². The van der Waals surface area contributed by atoms with E-state index < -0.39 is 0 Å². The standard InChI is InChI=1S/C18H26O2/c1-12(10-17(3,4)5)8-9-14-13(2)16(20)15(19)11-18(14,6)7/h8-11,19H,1-7H3/b9-8+,12-10+. The van der Waals surface area contributed by atoms with Gasteiger partial charge in [0.15, 0.2) is 5.76 Å². The molecule has 0 heterocycles. The van der Waals surface area contributed by atoms with E-state index in [1.54, 1.807) is 13.0 Å². The van der Waals surface area contributed by atoms with Crippen LogP contribution in [0.25, 0.3) is 0 Å². The van der Waals surface area contributed by atoms with Crippen LogP contribution in [0, 0.1) is 10.8 Å². The number of carbonyl (C=O) groups is 1. The van der Waals surface area contributed by atoms with Gasteiger partial charge in [-0.1, -0.05) is 58.4 Å². The Balaban J connectivity index is 3.14. The van der Waals surface area contributed by atoms with E-state index in [9.17, 15) is 9.90 Å². The Kier molecular flexibility index (Phi) is 4.48. The van der Waals surface area contributed by atoms with Crippen molar-refractivity contribution in [3.63, 3.8) is 0 Å². The van der Waals surface area contributed by atoms with Crippen LogP contribution in [0.5, 0.6) is 0 Å². The van der Waals surface area contributed by atoms with Gasteiger partial charge in [-0.2, -0.15) is 0 Å². The maximum absolute atomic E-state index is 11.9. The van der Waals surface area contributed by atoms with E-state index in [1.807, 2.05) is 26.0 Å². The molecule has 0 saturated heterocycles. The number of hydrogen-bond donors (Lipinski definition) is 1. The minimum absolute atomic E-state index is 0.133. The highest BCUT2D eigenvalue weighted by Crippen LogP contribution is 2.37. The fourth-order valence-corrected chi connectivity index (χ4v) is 2.57. The number of aliphatic hydroxyl groups is 1. The Morgan fingerprint density at radius 1 is 1.30 bits per heavy atom. The summed E-state index contributed by atoms with van der Waals surface area (Å²) in [7, 11) is 0. The summed E-state index contributed by atoms with van der Waals surface area (Å²) in [6, 6.07) is 0. The predicted octanol–water partition coefficient (Wildman–Crippen LogP) is 4.90. The molecule has 20 heavy (non-hydrogen) atoms. The number of carbonyl (C=O) groups excluding carboxylic acids is 1. The van der Waals surface area contributed by atoms with Gasteiger partial charge in [0.2, 0.25) is 5.78 Å². The number of ketones is 1. The molecule has 110 valence electrons. The molecule has 0 atom stereocenters. The van der Waals surface area contributed by atoms with E-state index in [0.29, 0.717) is 5.57 Å². The van der Waals surface area contributed by atoms with Gasteiger partial charge in [-0.05, 0) is 30.9 Å². The molecular weight excluding hydrogens is 248 g/mol. The normalized spacial score (nSPS) is 20.6. The van der Waals surface area contributed by atoms with Gasteiger partial charge in [0.1, 0.15) is 0 Å². The van der Waals surface area contributed by atoms with Crippen molar-refractivity contribution in [3.8, 4) is 0 Å².